The lowest BCUT2D eigenvalue weighted by Crippen LogP contribution is -2.05. The van der Waals surface area contributed by atoms with Crippen LogP contribution in [-0.2, 0) is 11.3 Å². The smallest absolute Gasteiger partial charge is 0.390 e. The van der Waals surface area contributed by atoms with Gasteiger partial charge < -0.3 is 10.1 Å². The third-order valence-electron chi connectivity index (χ3n) is 1.73. The molecule has 0 unspecified atom stereocenters. The second-order valence-electron chi connectivity index (χ2n) is 2.93. The van der Waals surface area contributed by atoms with Crippen LogP contribution >= 0.6 is 0 Å². The van der Waals surface area contributed by atoms with Crippen LogP contribution in [0, 0.1) is 10.1 Å². The van der Waals surface area contributed by atoms with Gasteiger partial charge in [-0.25, -0.2) is 0 Å². The molecule has 0 saturated carbocycles. The molecule has 2 heterocycles. The topological polar surface area (TPSA) is 108 Å². The Morgan fingerprint density at radius 1 is 1.60 bits per heavy atom. The Kier molecular flexibility index (Phi) is 1.92. The Balaban J connectivity index is 2.53. The number of fused-ring (bicyclic) bond motifs is 1. The summed E-state index contributed by atoms with van der Waals surface area (Å²) < 4.78 is 2.37. The van der Waals surface area contributed by atoms with E-state index in [4.69, 9.17) is 0 Å². The Hall–Kier alpha value is -2.32. The molecule has 0 aliphatic carbocycles. The van der Waals surface area contributed by atoms with E-state index in [1.54, 1.807) is 0 Å². The van der Waals surface area contributed by atoms with Gasteiger partial charge in [0.1, 0.15) is 12.1 Å². The number of hydrogen-bond acceptors (Lipinski definition) is 6. The largest absolute Gasteiger partial charge is 0.484 e. The van der Waals surface area contributed by atoms with Gasteiger partial charge in [-0.15, -0.1) is 0 Å². The number of nitrogens with zero attached hydrogens (tertiary/aromatic N) is 6. The maximum atomic E-state index is 10.9. The summed E-state index contributed by atoms with van der Waals surface area (Å²) in [7, 11) is 0. The van der Waals surface area contributed by atoms with Gasteiger partial charge >= 0.3 is 11.7 Å². The van der Waals surface area contributed by atoms with E-state index in [0.29, 0.717) is 0 Å². The fourth-order valence-corrected chi connectivity index (χ4v) is 1.18. The molecule has 9 nitrogen and oxygen atoms in total. The molecule has 2 rings (SSSR count). The van der Waals surface area contributed by atoms with E-state index in [1.165, 1.54) is 17.8 Å². The highest BCUT2D eigenvalue weighted by atomic mass is 16.6. The molecule has 0 aromatic carbocycles. The Morgan fingerprint density at radius 2 is 2.33 bits per heavy atom. The van der Waals surface area contributed by atoms with Gasteiger partial charge in [0, 0.05) is 0 Å². The van der Waals surface area contributed by atoms with Crippen LogP contribution in [0.4, 0.5) is 5.95 Å². The standard InChI is InChI=1S/C6H6N6O3/c1-4(13)2-10-3-7-11-5(10)8-9-6(11)12(14)15/h3H,2H2,1H3. The van der Waals surface area contributed by atoms with Crippen molar-refractivity contribution in [1.82, 2.24) is 24.4 Å². The number of ketones is 1. The van der Waals surface area contributed by atoms with Crippen LogP contribution in [-0.4, -0.2) is 35.1 Å². The van der Waals surface area contributed by atoms with Crippen molar-refractivity contribution in [2.45, 2.75) is 13.5 Å². The van der Waals surface area contributed by atoms with Crippen molar-refractivity contribution in [3.63, 3.8) is 0 Å². The van der Waals surface area contributed by atoms with Crippen LogP contribution in [0.5, 0.6) is 0 Å². The van der Waals surface area contributed by atoms with Gasteiger partial charge in [0.15, 0.2) is 0 Å². The number of aromatic nitrogens is 5. The van der Waals surface area contributed by atoms with E-state index in [-0.39, 0.29) is 18.1 Å². The number of Topliss-reactive ketones (excluding diaryl/α,β-unsaturated/α-hetero) is 1. The molecule has 78 valence electrons. The monoisotopic (exact) mass is 210 g/mol. The molecule has 0 aliphatic rings. The minimum atomic E-state index is -0.689. The molecule has 0 atom stereocenters. The minimum absolute atomic E-state index is 0.0688. The first-order valence-electron chi connectivity index (χ1n) is 4.00. The zero-order valence-electron chi connectivity index (χ0n) is 7.69. The molecule has 0 radical (unpaired) electrons. The van der Waals surface area contributed by atoms with Gasteiger partial charge in [-0.1, -0.05) is 9.61 Å². The molecule has 0 spiro atoms. The average Bonchev–Trinajstić information content (AvgIpc) is 2.66. The van der Waals surface area contributed by atoms with Gasteiger partial charge in [0.05, 0.1) is 11.6 Å². The third-order valence-corrected chi connectivity index (χ3v) is 1.73. The van der Waals surface area contributed by atoms with E-state index in [1.807, 2.05) is 0 Å². The quantitative estimate of drug-likeness (QED) is 0.495. The van der Waals surface area contributed by atoms with Crippen LogP contribution in [0.2, 0.25) is 0 Å². The highest BCUT2D eigenvalue weighted by Crippen LogP contribution is 2.08. The maximum Gasteiger partial charge on any atom is 0.484 e. The fourth-order valence-electron chi connectivity index (χ4n) is 1.18. The van der Waals surface area contributed by atoms with Gasteiger partial charge in [-0.2, -0.15) is 0 Å². The van der Waals surface area contributed by atoms with Crippen molar-refractivity contribution < 1.29 is 9.72 Å². The zero-order valence-corrected chi connectivity index (χ0v) is 7.69. The van der Waals surface area contributed by atoms with E-state index in [0.717, 1.165) is 4.52 Å². The first-order chi connectivity index (χ1) is 7.09. The van der Waals surface area contributed by atoms with Crippen LogP contribution in [0.3, 0.4) is 0 Å². The van der Waals surface area contributed by atoms with E-state index >= 15 is 0 Å². The maximum absolute atomic E-state index is 10.9. The Morgan fingerprint density at radius 3 is 2.93 bits per heavy atom. The lowest BCUT2D eigenvalue weighted by Gasteiger charge is -1.92. The average molecular weight is 210 g/mol. The lowest BCUT2D eigenvalue weighted by atomic mass is 10.4. The Bertz CT molecular complexity index is 540. The fraction of sp³-hybridized carbons (Fsp3) is 0.333. The predicted molar refractivity (Wildman–Crippen MR) is 46.1 cm³/mol. The molecule has 15 heavy (non-hydrogen) atoms. The summed E-state index contributed by atoms with van der Waals surface area (Å²) in [6.45, 7) is 1.47. The molecule has 0 bridgehead atoms. The van der Waals surface area contributed by atoms with Crippen molar-refractivity contribution in [3.05, 3.63) is 16.4 Å². The van der Waals surface area contributed by atoms with Gasteiger partial charge in [0.2, 0.25) is 0 Å². The lowest BCUT2D eigenvalue weighted by molar-refractivity contribution is -0.395. The molecular formula is C6H6N6O3. The summed E-state index contributed by atoms with van der Waals surface area (Å²) in [6.07, 6.45) is 1.30. The summed E-state index contributed by atoms with van der Waals surface area (Å²) >= 11 is 0. The van der Waals surface area contributed by atoms with Crippen LogP contribution in [0.15, 0.2) is 6.33 Å². The zero-order chi connectivity index (χ0) is 11.0. The number of rotatable bonds is 3. The summed E-state index contributed by atoms with van der Waals surface area (Å²) in [5.41, 5.74) is 0. The van der Waals surface area contributed by atoms with Crippen molar-refractivity contribution in [1.29, 1.82) is 0 Å². The SMILES string of the molecule is CC(=O)Cn1cnn2c([N+](=O)[O-])nnc12. The van der Waals surface area contributed by atoms with Crippen molar-refractivity contribution in [3.8, 4) is 0 Å². The first kappa shape index (κ1) is 9.24. The van der Waals surface area contributed by atoms with Crippen molar-refractivity contribution in [2.24, 2.45) is 0 Å². The molecule has 0 saturated heterocycles. The van der Waals surface area contributed by atoms with Gasteiger partial charge in [-0.05, 0) is 16.9 Å². The molecular weight excluding hydrogens is 204 g/mol. The van der Waals surface area contributed by atoms with Crippen LogP contribution in [0.25, 0.3) is 5.78 Å². The van der Waals surface area contributed by atoms with E-state index in [9.17, 15) is 14.9 Å². The molecule has 0 aliphatic heterocycles. The van der Waals surface area contributed by atoms with Crippen LogP contribution < -0.4 is 0 Å². The van der Waals surface area contributed by atoms with Gasteiger partial charge in [0.25, 0.3) is 0 Å². The second-order valence-corrected chi connectivity index (χ2v) is 2.93. The number of hydrogen-bond donors (Lipinski definition) is 0. The van der Waals surface area contributed by atoms with Crippen molar-refractivity contribution in [2.75, 3.05) is 0 Å². The molecule has 2 aromatic rings. The first-order valence-corrected chi connectivity index (χ1v) is 4.00. The summed E-state index contributed by atoms with van der Waals surface area (Å²) in [5.74, 6) is -0.384. The third kappa shape index (κ3) is 1.43. The van der Waals surface area contributed by atoms with E-state index < -0.39 is 10.9 Å². The molecule has 9 heteroatoms. The summed E-state index contributed by atoms with van der Waals surface area (Å²) in [6, 6.07) is 0. The number of nitro groups is 1. The van der Waals surface area contributed by atoms with Gasteiger partial charge in [-0.3, -0.25) is 9.36 Å². The van der Waals surface area contributed by atoms with Crippen LogP contribution in [0.1, 0.15) is 6.92 Å². The number of carbonyl (C=O) groups excluding carboxylic acids is 1. The molecule has 2 aromatic heterocycles. The number of carbonyl (C=O) groups is 1. The summed E-state index contributed by atoms with van der Waals surface area (Å²) in [5, 5.41) is 21.1. The minimum Gasteiger partial charge on any atom is -0.390 e. The highest BCUT2D eigenvalue weighted by Gasteiger charge is 2.22. The molecule has 0 amide bonds. The normalized spacial score (nSPS) is 10.7. The molecule has 0 fully saturated rings. The van der Waals surface area contributed by atoms with Crippen molar-refractivity contribution >= 4 is 17.5 Å². The second kappa shape index (κ2) is 3.12. The highest BCUT2D eigenvalue weighted by molar-refractivity contribution is 5.75. The molecule has 0 N–H and O–H groups in total. The predicted octanol–water partition coefficient (Wildman–Crippen LogP) is -0.577. The van der Waals surface area contributed by atoms with E-state index in [2.05, 4.69) is 15.3 Å². The summed E-state index contributed by atoms with van der Waals surface area (Å²) in [4.78, 5) is 20.6. The Labute approximate surface area is 82.5 Å².